The molecule has 3 heteroatoms. The quantitative estimate of drug-likeness (QED) is 0.743. The van der Waals surface area contributed by atoms with E-state index in [1.807, 2.05) is 0 Å². The van der Waals surface area contributed by atoms with Crippen LogP contribution in [0.15, 0.2) is 0 Å². The Morgan fingerprint density at radius 2 is 2.07 bits per heavy atom. The smallest absolute Gasteiger partial charge is 0.253 e. The van der Waals surface area contributed by atoms with Crippen molar-refractivity contribution in [1.29, 1.82) is 0 Å². The highest BCUT2D eigenvalue weighted by atomic mass is 19.3. The minimum atomic E-state index is -2.24. The number of hydrogen-bond donors (Lipinski definition) is 1. The zero-order valence-electron chi connectivity index (χ0n) is 9.10. The Labute approximate surface area is 85.3 Å². The lowest BCUT2D eigenvalue weighted by molar-refractivity contribution is 0.0930. The molecule has 0 aromatic carbocycles. The summed E-state index contributed by atoms with van der Waals surface area (Å²) in [5, 5.41) is 3.03. The minimum Gasteiger partial charge on any atom is -0.306 e. The van der Waals surface area contributed by atoms with Gasteiger partial charge in [-0.3, -0.25) is 0 Å². The van der Waals surface area contributed by atoms with Crippen molar-refractivity contribution in [2.24, 2.45) is 5.92 Å². The van der Waals surface area contributed by atoms with Gasteiger partial charge < -0.3 is 5.32 Å². The maximum absolute atomic E-state index is 12.3. The molecule has 84 valence electrons. The first kappa shape index (κ1) is 11.9. The Morgan fingerprint density at radius 1 is 1.36 bits per heavy atom. The lowest BCUT2D eigenvalue weighted by atomic mass is 9.84. The normalized spacial score (nSPS) is 30.6. The first-order valence-corrected chi connectivity index (χ1v) is 5.67. The van der Waals surface area contributed by atoms with Gasteiger partial charge in [0, 0.05) is 6.04 Å². The molecule has 0 aromatic rings. The lowest BCUT2D eigenvalue weighted by Crippen LogP contribution is -2.43. The third kappa shape index (κ3) is 3.52. The van der Waals surface area contributed by atoms with Crippen LogP contribution in [-0.4, -0.2) is 18.5 Å². The molecule has 0 aromatic heterocycles. The van der Waals surface area contributed by atoms with Crippen molar-refractivity contribution in [1.82, 2.24) is 5.32 Å². The van der Waals surface area contributed by atoms with E-state index in [2.05, 4.69) is 12.2 Å². The molecule has 0 amide bonds. The Balaban J connectivity index is 2.30. The van der Waals surface area contributed by atoms with Crippen LogP contribution in [0.3, 0.4) is 0 Å². The summed E-state index contributed by atoms with van der Waals surface area (Å²) in [7, 11) is 0. The van der Waals surface area contributed by atoms with Crippen LogP contribution in [0.1, 0.15) is 46.0 Å². The molecule has 0 spiro atoms. The van der Waals surface area contributed by atoms with E-state index in [9.17, 15) is 8.78 Å². The topological polar surface area (TPSA) is 12.0 Å². The summed E-state index contributed by atoms with van der Waals surface area (Å²) < 4.78 is 24.6. The molecule has 1 aliphatic carbocycles. The summed E-state index contributed by atoms with van der Waals surface area (Å²) >= 11 is 0. The Bertz CT molecular complexity index is 161. The fourth-order valence-electron chi connectivity index (χ4n) is 2.26. The van der Waals surface area contributed by atoms with Crippen LogP contribution in [-0.2, 0) is 0 Å². The Kier molecular flexibility index (Phi) is 4.79. The van der Waals surface area contributed by atoms with E-state index < -0.39 is 12.5 Å². The summed E-state index contributed by atoms with van der Waals surface area (Å²) in [4.78, 5) is 0. The maximum atomic E-state index is 12.3. The van der Waals surface area contributed by atoms with Crippen molar-refractivity contribution in [3.05, 3.63) is 0 Å². The first-order chi connectivity index (χ1) is 6.63. The zero-order chi connectivity index (χ0) is 10.6. The number of halogens is 2. The van der Waals surface area contributed by atoms with E-state index in [0.717, 1.165) is 18.8 Å². The van der Waals surface area contributed by atoms with E-state index >= 15 is 0 Å². The zero-order valence-corrected chi connectivity index (χ0v) is 9.10. The summed E-state index contributed by atoms with van der Waals surface area (Å²) in [5.74, 6) is 0.742. The van der Waals surface area contributed by atoms with Gasteiger partial charge in [-0.05, 0) is 25.7 Å². The van der Waals surface area contributed by atoms with Crippen molar-refractivity contribution < 1.29 is 8.78 Å². The van der Waals surface area contributed by atoms with E-state index in [1.165, 1.54) is 19.3 Å². The van der Waals surface area contributed by atoms with Crippen molar-refractivity contribution in [2.45, 2.75) is 64.5 Å². The monoisotopic (exact) mass is 205 g/mol. The molecule has 0 saturated heterocycles. The molecule has 1 fully saturated rings. The average molecular weight is 205 g/mol. The van der Waals surface area contributed by atoms with E-state index in [-0.39, 0.29) is 0 Å². The van der Waals surface area contributed by atoms with Crippen molar-refractivity contribution in [2.75, 3.05) is 0 Å². The van der Waals surface area contributed by atoms with Gasteiger partial charge in [-0.1, -0.05) is 26.2 Å². The van der Waals surface area contributed by atoms with Gasteiger partial charge in [0.1, 0.15) is 0 Å². The van der Waals surface area contributed by atoms with Crippen LogP contribution in [0.25, 0.3) is 0 Å². The average Bonchev–Trinajstić information content (AvgIpc) is 2.18. The third-order valence-electron chi connectivity index (χ3n) is 3.24. The fourth-order valence-corrected chi connectivity index (χ4v) is 2.26. The molecular formula is C11H21F2N. The molecule has 0 radical (unpaired) electrons. The Morgan fingerprint density at radius 3 is 2.64 bits per heavy atom. The van der Waals surface area contributed by atoms with Gasteiger partial charge in [0.05, 0.1) is 6.04 Å². The molecule has 0 heterocycles. The molecule has 0 aliphatic heterocycles. The molecule has 1 rings (SSSR count). The molecular weight excluding hydrogens is 184 g/mol. The van der Waals surface area contributed by atoms with Crippen LogP contribution in [0, 0.1) is 5.92 Å². The van der Waals surface area contributed by atoms with E-state index in [0.29, 0.717) is 6.04 Å². The maximum Gasteiger partial charge on any atom is 0.253 e. The van der Waals surface area contributed by atoms with Crippen LogP contribution in [0.5, 0.6) is 0 Å². The third-order valence-corrected chi connectivity index (χ3v) is 3.24. The van der Waals surface area contributed by atoms with E-state index in [4.69, 9.17) is 0 Å². The van der Waals surface area contributed by atoms with Crippen molar-refractivity contribution >= 4 is 0 Å². The number of hydrogen-bond acceptors (Lipinski definition) is 1. The largest absolute Gasteiger partial charge is 0.306 e. The molecule has 0 bridgehead atoms. The molecule has 1 saturated carbocycles. The SMILES string of the molecule is CCC1CCCC(NC(C)C(F)F)C1. The summed E-state index contributed by atoms with van der Waals surface area (Å²) in [5.41, 5.74) is 0. The first-order valence-electron chi connectivity index (χ1n) is 5.67. The van der Waals surface area contributed by atoms with Gasteiger partial charge in [-0.2, -0.15) is 0 Å². The van der Waals surface area contributed by atoms with Crippen LogP contribution in [0.4, 0.5) is 8.78 Å². The molecule has 3 unspecified atom stereocenters. The van der Waals surface area contributed by atoms with Gasteiger partial charge in [0.15, 0.2) is 0 Å². The molecule has 1 aliphatic rings. The van der Waals surface area contributed by atoms with Gasteiger partial charge >= 0.3 is 0 Å². The molecule has 1 nitrogen and oxygen atoms in total. The molecule has 1 N–H and O–H groups in total. The number of rotatable bonds is 4. The van der Waals surface area contributed by atoms with Gasteiger partial charge in [0.25, 0.3) is 6.43 Å². The summed E-state index contributed by atoms with van der Waals surface area (Å²) in [6.07, 6.45) is 3.55. The predicted octanol–water partition coefficient (Wildman–Crippen LogP) is 3.20. The second-order valence-electron chi connectivity index (χ2n) is 4.43. The highest BCUT2D eigenvalue weighted by Crippen LogP contribution is 2.26. The summed E-state index contributed by atoms with van der Waals surface area (Å²) in [6, 6.07) is -0.340. The van der Waals surface area contributed by atoms with Gasteiger partial charge in [-0.25, -0.2) is 8.78 Å². The fraction of sp³-hybridized carbons (Fsp3) is 1.00. The van der Waals surface area contributed by atoms with Crippen LogP contribution in [0.2, 0.25) is 0 Å². The van der Waals surface area contributed by atoms with Crippen molar-refractivity contribution in [3.63, 3.8) is 0 Å². The molecule has 3 atom stereocenters. The standard InChI is InChI=1S/C11H21F2N/c1-3-9-5-4-6-10(7-9)14-8(2)11(12)13/h8-11,14H,3-7H2,1-2H3. The predicted molar refractivity (Wildman–Crippen MR) is 54.6 cm³/mol. The van der Waals surface area contributed by atoms with E-state index in [1.54, 1.807) is 6.92 Å². The number of alkyl halides is 2. The Hall–Kier alpha value is -0.180. The highest BCUT2D eigenvalue weighted by Gasteiger charge is 2.24. The van der Waals surface area contributed by atoms with Gasteiger partial charge in [-0.15, -0.1) is 0 Å². The minimum absolute atomic E-state index is 0.317. The van der Waals surface area contributed by atoms with Crippen LogP contribution < -0.4 is 5.32 Å². The molecule has 14 heavy (non-hydrogen) atoms. The highest BCUT2D eigenvalue weighted by molar-refractivity contribution is 4.80. The second kappa shape index (κ2) is 5.64. The summed E-state index contributed by atoms with van der Waals surface area (Å²) in [6.45, 7) is 3.75. The number of nitrogens with one attached hydrogen (secondary N) is 1. The second-order valence-corrected chi connectivity index (χ2v) is 4.43. The van der Waals surface area contributed by atoms with Crippen molar-refractivity contribution in [3.8, 4) is 0 Å². The van der Waals surface area contributed by atoms with Gasteiger partial charge in [0.2, 0.25) is 0 Å². The van der Waals surface area contributed by atoms with Crippen LogP contribution >= 0.6 is 0 Å². The lowest BCUT2D eigenvalue weighted by Gasteiger charge is -2.31.